The summed E-state index contributed by atoms with van der Waals surface area (Å²) in [5.74, 6) is 2.01. The number of hydrogen-bond donors (Lipinski definition) is 1. The summed E-state index contributed by atoms with van der Waals surface area (Å²) in [6.07, 6.45) is 7.24. The third-order valence-corrected chi connectivity index (χ3v) is 7.69. The van der Waals surface area contributed by atoms with E-state index in [9.17, 15) is 14.7 Å². The van der Waals surface area contributed by atoms with E-state index in [4.69, 9.17) is 0 Å². The lowest BCUT2D eigenvalue weighted by atomic mass is 9.47. The number of aliphatic hydroxyl groups excluding tert-OH is 1. The zero-order chi connectivity index (χ0) is 15.7. The van der Waals surface area contributed by atoms with E-state index in [0.29, 0.717) is 30.0 Å². The van der Waals surface area contributed by atoms with Crippen LogP contribution in [0.3, 0.4) is 0 Å². The normalized spacial score (nSPS) is 51.0. The van der Waals surface area contributed by atoms with Crippen LogP contribution in [-0.4, -0.2) is 22.8 Å². The van der Waals surface area contributed by atoms with Gasteiger partial charge < -0.3 is 5.11 Å². The molecule has 0 heterocycles. The van der Waals surface area contributed by atoms with Gasteiger partial charge in [-0.15, -0.1) is 0 Å². The number of aliphatic hydroxyl groups is 1. The molecule has 0 radical (unpaired) electrons. The van der Waals surface area contributed by atoms with E-state index in [-0.39, 0.29) is 16.6 Å². The molecule has 4 aliphatic carbocycles. The van der Waals surface area contributed by atoms with Crippen molar-refractivity contribution in [2.24, 2.45) is 28.6 Å². The molecule has 22 heavy (non-hydrogen) atoms. The van der Waals surface area contributed by atoms with Gasteiger partial charge in [0.15, 0.2) is 5.78 Å². The Bertz CT molecular complexity index is 577. The lowest BCUT2D eigenvalue weighted by molar-refractivity contribution is -0.134. The van der Waals surface area contributed by atoms with Crippen LogP contribution in [0.5, 0.6) is 0 Å². The Labute approximate surface area is 132 Å². The van der Waals surface area contributed by atoms with Gasteiger partial charge in [-0.25, -0.2) is 0 Å². The molecule has 2 unspecified atom stereocenters. The predicted octanol–water partition coefficient (Wildman–Crippen LogP) is 3.06. The zero-order valence-electron chi connectivity index (χ0n) is 13.6. The Morgan fingerprint density at radius 1 is 1.05 bits per heavy atom. The molecule has 0 saturated heterocycles. The number of ketones is 2. The highest BCUT2D eigenvalue weighted by Crippen LogP contribution is 2.64. The highest BCUT2D eigenvalue weighted by Gasteiger charge is 2.60. The maximum Gasteiger partial charge on any atom is 0.155 e. The van der Waals surface area contributed by atoms with Crippen molar-refractivity contribution in [2.45, 2.75) is 64.9 Å². The van der Waals surface area contributed by atoms with Gasteiger partial charge >= 0.3 is 0 Å². The summed E-state index contributed by atoms with van der Waals surface area (Å²) in [7, 11) is 0. The van der Waals surface area contributed by atoms with E-state index in [1.807, 2.05) is 0 Å². The van der Waals surface area contributed by atoms with Crippen LogP contribution in [-0.2, 0) is 9.59 Å². The maximum absolute atomic E-state index is 12.4. The number of hydrogen-bond acceptors (Lipinski definition) is 3. The molecule has 0 aromatic rings. The SMILES string of the molecule is CC12CCC(=O)C=C1[C@@H](O)CC1[C@@H]2CC[C@]2(C)C(=O)CC[C@@H]12. The van der Waals surface area contributed by atoms with Crippen LogP contribution in [0.4, 0.5) is 0 Å². The summed E-state index contributed by atoms with van der Waals surface area (Å²) in [5, 5.41) is 10.7. The van der Waals surface area contributed by atoms with Crippen molar-refractivity contribution in [1.82, 2.24) is 0 Å². The minimum absolute atomic E-state index is 0.0385. The molecule has 4 aliphatic rings. The van der Waals surface area contributed by atoms with E-state index >= 15 is 0 Å². The van der Waals surface area contributed by atoms with Gasteiger partial charge in [-0.1, -0.05) is 13.8 Å². The van der Waals surface area contributed by atoms with Crippen LogP contribution in [0.25, 0.3) is 0 Å². The van der Waals surface area contributed by atoms with Gasteiger partial charge in [0, 0.05) is 18.3 Å². The molecule has 3 saturated carbocycles. The fraction of sp³-hybridized carbons (Fsp3) is 0.789. The Morgan fingerprint density at radius 3 is 2.55 bits per heavy atom. The van der Waals surface area contributed by atoms with Gasteiger partial charge in [-0.3, -0.25) is 9.59 Å². The molecular formula is C19H26O3. The molecule has 3 heteroatoms. The van der Waals surface area contributed by atoms with E-state index in [1.54, 1.807) is 6.08 Å². The first kappa shape index (κ1) is 14.6. The van der Waals surface area contributed by atoms with Crippen LogP contribution < -0.4 is 0 Å². The lowest BCUT2D eigenvalue weighted by Gasteiger charge is -2.58. The van der Waals surface area contributed by atoms with Crippen LogP contribution in [0.15, 0.2) is 11.6 Å². The van der Waals surface area contributed by atoms with Crippen LogP contribution in [0.1, 0.15) is 58.8 Å². The molecule has 1 N–H and O–H groups in total. The van der Waals surface area contributed by atoms with E-state index < -0.39 is 6.10 Å². The molecule has 0 aliphatic heterocycles. The monoisotopic (exact) mass is 302 g/mol. The highest BCUT2D eigenvalue weighted by molar-refractivity contribution is 5.92. The van der Waals surface area contributed by atoms with Gasteiger partial charge in [-0.05, 0) is 66.9 Å². The van der Waals surface area contributed by atoms with Crippen LogP contribution in [0.2, 0.25) is 0 Å². The molecule has 6 atom stereocenters. The Balaban J connectivity index is 1.74. The molecule has 0 aromatic heterocycles. The van der Waals surface area contributed by atoms with Crippen LogP contribution >= 0.6 is 0 Å². The molecule has 0 bridgehead atoms. The van der Waals surface area contributed by atoms with Gasteiger partial charge in [0.2, 0.25) is 0 Å². The first-order chi connectivity index (χ1) is 10.4. The summed E-state index contributed by atoms with van der Waals surface area (Å²) in [5.41, 5.74) is 0.796. The topological polar surface area (TPSA) is 54.4 Å². The van der Waals surface area contributed by atoms with Gasteiger partial charge in [-0.2, -0.15) is 0 Å². The number of carbonyl (C=O) groups is 2. The number of rotatable bonds is 0. The lowest BCUT2D eigenvalue weighted by Crippen LogP contribution is -2.54. The third-order valence-electron chi connectivity index (χ3n) is 7.69. The quantitative estimate of drug-likeness (QED) is 0.748. The summed E-state index contributed by atoms with van der Waals surface area (Å²) in [6, 6.07) is 0. The standard InChI is InChI=1S/C19H26O3/c1-18-7-5-11(20)9-15(18)16(21)10-12-13-3-4-17(22)19(13,2)8-6-14(12)18/h9,12-14,16,21H,3-8,10H2,1-2H3/t12?,13-,14-,16-,18?,19-/m0/s1. The van der Waals surface area contributed by atoms with E-state index in [1.165, 1.54) is 0 Å². The Kier molecular flexibility index (Phi) is 3.01. The molecule has 4 rings (SSSR count). The fourth-order valence-corrected chi connectivity index (χ4v) is 6.38. The molecular weight excluding hydrogens is 276 g/mol. The molecule has 3 fully saturated rings. The van der Waals surface area contributed by atoms with Crippen molar-refractivity contribution in [3.05, 3.63) is 11.6 Å². The predicted molar refractivity (Wildman–Crippen MR) is 83.1 cm³/mol. The van der Waals surface area contributed by atoms with E-state index in [0.717, 1.165) is 44.1 Å². The average molecular weight is 302 g/mol. The number of fused-ring (bicyclic) bond motifs is 5. The summed E-state index contributed by atoms with van der Waals surface area (Å²) in [6.45, 7) is 4.42. The molecule has 3 nitrogen and oxygen atoms in total. The first-order valence-corrected chi connectivity index (χ1v) is 8.82. The molecule has 0 amide bonds. The van der Waals surface area contributed by atoms with Crippen molar-refractivity contribution >= 4 is 11.6 Å². The molecule has 120 valence electrons. The van der Waals surface area contributed by atoms with Crippen molar-refractivity contribution in [1.29, 1.82) is 0 Å². The van der Waals surface area contributed by atoms with Crippen LogP contribution in [0, 0.1) is 28.6 Å². The average Bonchev–Trinajstić information content (AvgIpc) is 2.77. The maximum atomic E-state index is 12.4. The smallest absolute Gasteiger partial charge is 0.155 e. The first-order valence-electron chi connectivity index (χ1n) is 8.82. The minimum Gasteiger partial charge on any atom is -0.389 e. The fourth-order valence-electron chi connectivity index (χ4n) is 6.38. The number of carbonyl (C=O) groups excluding carboxylic acids is 2. The second-order valence-corrected chi connectivity index (χ2v) is 8.53. The second-order valence-electron chi connectivity index (χ2n) is 8.53. The zero-order valence-corrected chi connectivity index (χ0v) is 13.6. The summed E-state index contributed by atoms with van der Waals surface area (Å²) >= 11 is 0. The van der Waals surface area contributed by atoms with Gasteiger partial charge in [0.05, 0.1) is 6.10 Å². The van der Waals surface area contributed by atoms with Crippen molar-refractivity contribution in [3.8, 4) is 0 Å². The highest BCUT2D eigenvalue weighted by atomic mass is 16.3. The van der Waals surface area contributed by atoms with Gasteiger partial charge in [0.25, 0.3) is 0 Å². The minimum atomic E-state index is -0.492. The molecule has 0 aromatic carbocycles. The van der Waals surface area contributed by atoms with E-state index in [2.05, 4.69) is 13.8 Å². The second kappa shape index (κ2) is 4.53. The third kappa shape index (κ3) is 1.72. The summed E-state index contributed by atoms with van der Waals surface area (Å²) < 4.78 is 0. The van der Waals surface area contributed by atoms with Crippen molar-refractivity contribution < 1.29 is 14.7 Å². The molecule has 0 spiro atoms. The summed E-state index contributed by atoms with van der Waals surface area (Å²) in [4.78, 5) is 24.2. The largest absolute Gasteiger partial charge is 0.389 e. The Morgan fingerprint density at radius 2 is 1.77 bits per heavy atom. The van der Waals surface area contributed by atoms with Gasteiger partial charge in [0.1, 0.15) is 5.78 Å². The van der Waals surface area contributed by atoms with Crippen molar-refractivity contribution in [3.63, 3.8) is 0 Å². The number of Topliss-reactive ketones (excluding diaryl/α,β-unsaturated/α-hetero) is 1. The Hall–Kier alpha value is -0.960. The van der Waals surface area contributed by atoms with Crippen molar-refractivity contribution in [2.75, 3.05) is 0 Å².